The molecule has 1 atom stereocenters. The fourth-order valence-electron chi connectivity index (χ4n) is 1.48. The zero-order valence-corrected chi connectivity index (χ0v) is 11.3. The maximum atomic E-state index is 11.8. The Morgan fingerprint density at radius 1 is 1.44 bits per heavy atom. The number of carboxylic acids is 1. The quantitative estimate of drug-likeness (QED) is 0.733. The van der Waals surface area contributed by atoms with Crippen molar-refractivity contribution >= 4 is 23.2 Å². The van der Waals surface area contributed by atoms with E-state index >= 15 is 0 Å². The largest absolute Gasteiger partial charge is 0.481 e. The van der Waals surface area contributed by atoms with E-state index in [0.29, 0.717) is 10.6 Å². The van der Waals surface area contributed by atoms with Crippen molar-refractivity contribution in [3.63, 3.8) is 0 Å². The van der Waals surface area contributed by atoms with Crippen LogP contribution in [0.3, 0.4) is 0 Å². The first-order valence-electron chi connectivity index (χ1n) is 5.38. The highest BCUT2D eigenvalue weighted by Crippen LogP contribution is 2.17. The number of aromatic nitrogens is 1. The lowest BCUT2D eigenvalue weighted by atomic mass is 10.0. The molecule has 100 valence electrons. The van der Waals surface area contributed by atoms with E-state index < -0.39 is 18.0 Å². The van der Waals surface area contributed by atoms with Crippen LogP contribution in [-0.4, -0.2) is 39.2 Å². The highest BCUT2D eigenvalue weighted by molar-refractivity contribution is 7.13. The summed E-state index contributed by atoms with van der Waals surface area (Å²) in [4.78, 5) is 26.9. The third kappa shape index (κ3) is 4.08. The molecule has 0 radical (unpaired) electrons. The highest BCUT2D eigenvalue weighted by atomic mass is 32.1. The van der Waals surface area contributed by atoms with Crippen molar-refractivity contribution < 1.29 is 19.8 Å². The third-order valence-corrected chi connectivity index (χ3v) is 3.34. The Balaban J connectivity index is 2.61. The number of nitrogens with one attached hydrogen (secondary N) is 1. The van der Waals surface area contributed by atoms with E-state index in [0.717, 1.165) is 5.01 Å². The van der Waals surface area contributed by atoms with Crippen molar-refractivity contribution in [2.24, 2.45) is 0 Å². The Hall–Kier alpha value is -1.47. The topological polar surface area (TPSA) is 99.5 Å². The van der Waals surface area contributed by atoms with Crippen molar-refractivity contribution in [2.75, 3.05) is 6.54 Å². The van der Waals surface area contributed by atoms with Crippen molar-refractivity contribution in [2.45, 2.75) is 32.8 Å². The Morgan fingerprint density at radius 2 is 2.06 bits per heavy atom. The molecule has 1 aromatic heterocycles. The molecule has 1 aromatic rings. The van der Waals surface area contributed by atoms with Gasteiger partial charge in [-0.05, 0) is 20.8 Å². The van der Waals surface area contributed by atoms with Gasteiger partial charge in [-0.1, -0.05) is 0 Å². The number of carboxylic acid groups (broad SMARTS) is 1. The highest BCUT2D eigenvalue weighted by Gasteiger charge is 2.25. The summed E-state index contributed by atoms with van der Waals surface area (Å²) in [7, 11) is 0. The first kappa shape index (κ1) is 14.6. The fraction of sp³-hybridized carbons (Fsp3) is 0.545. The van der Waals surface area contributed by atoms with Crippen LogP contribution >= 0.6 is 11.3 Å². The van der Waals surface area contributed by atoms with Gasteiger partial charge in [0.25, 0.3) is 5.91 Å². The number of rotatable bonds is 5. The van der Waals surface area contributed by atoms with Gasteiger partial charge in [0.1, 0.15) is 4.88 Å². The lowest BCUT2D eigenvalue weighted by Gasteiger charge is -2.21. The monoisotopic (exact) mass is 272 g/mol. The van der Waals surface area contributed by atoms with E-state index in [2.05, 4.69) is 10.3 Å². The normalized spacial score (nSPS) is 14.0. The van der Waals surface area contributed by atoms with E-state index in [1.54, 1.807) is 13.8 Å². The summed E-state index contributed by atoms with van der Waals surface area (Å²) in [5.41, 5.74) is -0.831. The van der Waals surface area contributed by atoms with E-state index in [1.165, 1.54) is 18.3 Å². The minimum absolute atomic E-state index is 0.117. The molecular formula is C11H16N2O4S. The van der Waals surface area contributed by atoms with Crippen molar-refractivity contribution in [1.82, 2.24) is 10.3 Å². The molecular weight excluding hydrogens is 256 g/mol. The fourth-order valence-corrected chi connectivity index (χ4v) is 2.32. The van der Waals surface area contributed by atoms with Gasteiger partial charge in [0.2, 0.25) is 0 Å². The number of amides is 1. The Bertz CT molecular complexity index is 468. The van der Waals surface area contributed by atoms with Gasteiger partial charge >= 0.3 is 5.97 Å². The second-order valence-electron chi connectivity index (χ2n) is 4.40. The molecule has 0 saturated heterocycles. The molecule has 1 unspecified atom stereocenters. The number of carbonyl (C=O) groups excluding carboxylic acids is 1. The van der Waals surface area contributed by atoms with Crippen LogP contribution in [0, 0.1) is 13.8 Å². The van der Waals surface area contributed by atoms with Crippen LogP contribution in [0.5, 0.6) is 0 Å². The van der Waals surface area contributed by atoms with Crippen LogP contribution in [0.4, 0.5) is 0 Å². The number of aliphatic hydroxyl groups is 1. The van der Waals surface area contributed by atoms with Crippen molar-refractivity contribution in [1.29, 1.82) is 0 Å². The zero-order valence-electron chi connectivity index (χ0n) is 10.5. The third-order valence-electron chi connectivity index (χ3n) is 2.27. The SMILES string of the molecule is Cc1nc(C)c(C(=O)NCC(C)(O)CC(=O)O)s1. The second-order valence-corrected chi connectivity index (χ2v) is 5.60. The van der Waals surface area contributed by atoms with Crippen LogP contribution in [-0.2, 0) is 4.79 Å². The molecule has 1 amide bonds. The molecule has 0 aliphatic rings. The molecule has 0 saturated carbocycles. The Morgan fingerprint density at radius 3 is 2.50 bits per heavy atom. The van der Waals surface area contributed by atoms with Gasteiger partial charge in [0, 0.05) is 6.54 Å². The lowest BCUT2D eigenvalue weighted by Crippen LogP contribution is -2.42. The molecule has 0 spiro atoms. The van der Waals surface area contributed by atoms with Gasteiger partial charge in [0.15, 0.2) is 0 Å². The summed E-state index contributed by atoms with van der Waals surface area (Å²) in [5, 5.41) is 21.6. The summed E-state index contributed by atoms with van der Waals surface area (Å²) in [5.74, 6) is -1.46. The molecule has 1 heterocycles. The first-order valence-corrected chi connectivity index (χ1v) is 6.19. The summed E-state index contributed by atoms with van der Waals surface area (Å²) in [6.07, 6.45) is -0.423. The summed E-state index contributed by atoms with van der Waals surface area (Å²) in [6.45, 7) is 4.78. The Kier molecular flexibility index (Phi) is 4.42. The molecule has 3 N–H and O–H groups in total. The maximum absolute atomic E-state index is 11.8. The molecule has 0 bridgehead atoms. The number of thiazole rings is 1. The predicted molar refractivity (Wildman–Crippen MR) is 66.8 cm³/mol. The van der Waals surface area contributed by atoms with Gasteiger partial charge in [-0.15, -0.1) is 11.3 Å². The molecule has 0 fully saturated rings. The number of nitrogens with zero attached hydrogens (tertiary/aromatic N) is 1. The number of hydrogen-bond acceptors (Lipinski definition) is 5. The van der Waals surface area contributed by atoms with Crippen molar-refractivity contribution in [3.8, 4) is 0 Å². The Labute approximate surface area is 109 Å². The van der Waals surface area contributed by atoms with Crippen LogP contribution in [0.1, 0.15) is 33.7 Å². The molecule has 0 aliphatic carbocycles. The molecule has 1 rings (SSSR count). The standard InChI is InChI=1S/C11H16N2O4S/c1-6-9(18-7(2)13-6)10(16)12-5-11(3,17)4-8(14)15/h17H,4-5H2,1-3H3,(H,12,16)(H,14,15). The van der Waals surface area contributed by atoms with Gasteiger partial charge in [-0.3, -0.25) is 9.59 Å². The number of aryl methyl sites for hydroxylation is 2. The zero-order chi connectivity index (χ0) is 13.9. The number of hydrogen-bond donors (Lipinski definition) is 3. The average Bonchev–Trinajstić information content (AvgIpc) is 2.52. The minimum atomic E-state index is -1.46. The van der Waals surface area contributed by atoms with E-state index in [9.17, 15) is 14.7 Å². The van der Waals surface area contributed by atoms with E-state index in [1.807, 2.05) is 0 Å². The summed E-state index contributed by atoms with van der Waals surface area (Å²) in [6, 6.07) is 0. The van der Waals surface area contributed by atoms with Gasteiger partial charge < -0.3 is 15.5 Å². The maximum Gasteiger partial charge on any atom is 0.306 e. The molecule has 0 aliphatic heterocycles. The van der Waals surface area contributed by atoms with Crippen LogP contribution in [0.2, 0.25) is 0 Å². The van der Waals surface area contributed by atoms with Crippen LogP contribution in [0.25, 0.3) is 0 Å². The van der Waals surface area contributed by atoms with E-state index in [-0.39, 0.29) is 12.5 Å². The van der Waals surface area contributed by atoms with Gasteiger partial charge in [0.05, 0.1) is 22.7 Å². The smallest absolute Gasteiger partial charge is 0.306 e. The molecule has 6 nitrogen and oxygen atoms in total. The second kappa shape index (κ2) is 5.45. The first-order chi connectivity index (χ1) is 8.21. The molecule has 0 aromatic carbocycles. The van der Waals surface area contributed by atoms with Gasteiger partial charge in [-0.2, -0.15) is 0 Å². The number of aliphatic carboxylic acids is 1. The molecule has 18 heavy (non-hydrogen) atoms. The van der Waals surface area contributed by atoms with Crippen molar-refractivity contribution in [3.05, 3.63) is 15.6 Å². The average molecular weight is 272 g/mol. The van der Waals surface area contributed by atoms with Crippen LogP contribution in [0.15, 0.2) is 0 Å². The van der Waals surface area contributed by atoms with Crippen LogP contribution < -0.4 is 5.32 Å². The summed E-state index contributed by atoms with van der Waals surface area (Å²) < 4.78 is 0. The number of carbonyl (C=O) groups is 2. The minimum Gasteiger partial charge on any atom is -0.481 e. The predicted octanol–water partition coefficient (Wildman–Crippen LogP) is 0.715. The van der Waals surface area contributed by atoms with Gasteiger partial charge in [-0.25, -0.2) is 4.98 Å². The lowest BCUT2D eigenvalue weighted by molar-refractivity contribution is -0.141. The summed E-state index contributed by atoms with van der Waals surface area (Å²) >= 11 is 1.27. The molecule has 7 heteroatoms. The van der Waals surface area contributed by atoms with E-state index in [4.69, 9.17) is 5.11 Å².